The van der Waals surface area contributed by atoms with Crippen LogP contribution in [0.1, 0.15) is 378 Å². The van der Waals surface area contributed by atoms with E-state index in [4.69, 9.17) is 40.3 Å². The number of hydrogen-bond acceptors (Lipinski definition) is 16. The molecule has 2 fully saturated rings. The average Bonchev–Trinajstić information content (AvgIpc) is 1.61. The molecule has 4 bridgehead atoms. The molecule has 2 heterocycles. The molecule has 4 aliphatic carbocycles. The van der Waals surface area contributed by atoms with Gasteiger partial charge < -0.3 is 42.6 Å². The molecule has 5 aromatic carbocycles. The summed E-state index contributed by atoms with van der Waals surface area (Å²) in [5.74, 6) is 7.38. The fraction of sp³-hybridized carbons (Fsp3) is 0.505. The molecule has 4 aliphatic rings. The zero-order valence-corrected chi connectivity index (χ0v) is 89.8. The number of carbonyl (C=O) groups excluding carboxylic acids is 6. The summed E-state index contributed by atoms with van der Waals surface area (Å²) in [5, 5.41) is 29.3. The van der Waals surface area contributed by atoms with Crippen LogP contribution < -0.4 is 45.3 Å². The predicted molar refractivity (Wildman–Crippen MR) is 481 cm³/mol. The number of benzene rings is 5. The molecule has 122 heavy (non-hydrogen) atoms. The minimum atomic E-state index is -4.20. The second kappa shape index (κ2) is 57.7. The minimum absolute atomic E-state index is 0. The van der Waals surface area contributed by atoms with E-state index in [9.17, 15) is 45.6 Å². The zero-order valence-electron chi connectivity index (χ0n) is 76.9. The first-order valence-electron chi connectivity index (χ1n) is 41.4. The van der Waals surface area contributed by atoms with Gasteiger partial charge in [0.1, 0.15) is 17.3 Å². The predicted octanol–water partition coefficient (Wildman–Crippen LogP) is 19.0. The second-order valence-electron chi connectivity index (χ2n) is 33.3. The van der Waals surface area contributed by atoms with E-state index >= 15 is 0 Å². The Kier molecular flexibility index (Phi) is 55.3. The molecule has 21 nitrogen and oxygen atoms in total. The van der Waals surface area contributed by atoms with Crippen LogP contribution in [0.25, 0.3) is 5.59 Å². The fourth-order valence-electron chi connectivity index (χ4n) is 15.4. The molecule has 8 N–H and O–H groups in total. The number of nitrogens with two attached hydrogens (primary N) is 2. The third-order valence-corrected chi connectivity index (χ3v) is 23.7. The molecule has 2 aromatic heterocycles. The first-order chi connectivity index (χ1) is 56.6. The Morgan fingerprint density at radius 1 is 0.516 bits per heavy atom. The van der Waals surface area contributed by atoms with Crippen LogP contribution in [0.3, 0.4) is 0 Å². The number of furan rings is 2. The number of carbonyl (C=O) groups is 6. The van der Waals surface area contributed by atoms with Crippen molar-refractivity contribution in [1.82, 2.24) is 4.72 Å². The van der Waals surface area contributed by atoms with Crippen LogP contribution in [0.15, 0.2) is 127 Å². The van der Waals surface area contributed by atoms with Gasteiger partial charge in [-0.15, -0.1) is 0 Å². The molecule has 0 spiro atoms. The van der Waals surface area contributed by atoms with Crippen molar-refractivity contribution >= 4 is 99.3 Å². The molecule has 2 saturated carbocycles. The number of aliphatic carboxylic acids is 2. The summed E-state index contributed by atoms with van der Waals surface area (Å²) in [7, 11) is -4.30. The number of halogens is 2. The summed E-state index contributed by atoms with van der Waals surface area (Å²) in [6.07, 6.45) is 6.95. The Bertz CT molecular complexity index is 4470. The molecule has 2 radical (unpaired) electrons. The van der Waals surface area contributed by atoms with E-state index in [-0.39, 0.29) is 149 Å². The van der Waals surface area contributed by atoms with Crippen molar-refractivity contribution in [2.24, 2.45) is 22.8 Å². The van der Waals surface area contributed by atoms with Crippen LogP contribution >= 0.6 is 29.6 Å². The van der Waals surface area contributed by atoms with Crippen molar-refractivity contribution in [3.8, 4) is 0 Å². The van der Waals surface area contributed by atoms with Gasteiger partial charge in [0.25, 0.3) is 20.0 Å². The number of carboxylic acids is 2. The van der Waals surface area contributed by atoms with Gasteiger partial charge in [0, 0.05) is 86.2 Å². The topological polar surface area (TPSA) is 370 Å². The Balaban J connectivity index is 0. The van der Waals surface area contributed by atoms with Crippen molar-refractivity contribution in [2.75, 3.05) is 0 Å². The van der Waals surface area contributed by atoms with Crippen LogP contribution in [0.5, 0.6) is 0 Å². The SMILES string of the molecule is CC(=O)Cc1c(C(C)C)cccc1C(C)C.CC(C)c1cccc(C(C)C)c1Br.CC(C)c1cccc(C(C)C)c1CC(=O)NS(=O)(=O)c1cc2c(o1)C1CCC(C1)C2=O.CC(C)c1cccc(C(C)C)c1CC(=O)O.CC(C)c1cccc(C(C)C)c1CC(=O)O.NS(=O)(=O)c1cc2c(o1)C1CCC(C1)C2=O.N[N-]O.O=C=O.[3H][B].[CH2-]CC.[Na+].[U].[Zn+][Br]. The third kappa shape index (κ3) is 35.9. The Morgan fingerprint density at radius 2 is 0.738 bits per heavy atom. The van der Waals surface area contributed by atoms with Crippen LogP contribution in [-0.2, 0) is 90.8 Å². The van der Waals surface area contributed by atoms with E-state index in [0.717, 1.165) is 95.0 Å². The number of nitrogens with one attached hydrogen (secondary N) is 1. The van der Waals surface area contributed by atoms with Gasteiger partial charge in [-0.25, -0.2) is 18.3 Å². The van der Waals surface area contributed by atoms with Crippen molar-refractivity contribution in [2.45, 2.75) is 304 Å². The Hall–Kier alpha value is -5.10. The van der Waals surface area contributed by atoms with Gasteiger partial charge in [-0.1, -0.05) is 252 Å². The number of amides is 1. The number of sulfonamides is 2. The van der Waals surface area contributed by atoms with Crippen molar-refractivity contribution in [1.29, 1.82) is 1.34 Å². The summed E-state index contributed by atoms with van der Waals surface area (Å²) in [6.45, 7) is 49.8. The number of fused-ring (bicyclic) bond motifs is 8. The molecule has 0 aliphatic heterocycles. The standard InChI is InChI=1S/C24H29NO5S.C15H22O.2C14H20O2.C12H17Br.C10H11NO4S.C3H7.CO2.BH.BrH.H3N2O.Na.U.Zn/c1-13(2)17-6-5-7-18(14(3)4)19(17)11-21(26)25-31(28,29)22-12-20-23(27)15-8-9-16(10-15)24(20)30-22;1-10(2)13-7-6-8-14(11(3)4)15(13)9-12(5)16;2*1-9(2)11-6-5-7-12(10(3)4)13(11)8-14(15)16;1-8(2)10-6-5-7-11(9(3)4)12(10)13;11-16(13,14)8-4-7-9(12)5-1-2-6(3-5)10(7)15-8;1-3-2;2-1-3;;;1-2-3;;;/h5-7,12-16H,8-11H2,1-4H3,(H,25,26);6-8,10-11H,9H2,1-5H3;2*5-7,9-10H,8H2,1-4H3,(H,15,16);5-9H,1-4H3;4-6H,1-3H2,(H2,11,13,14);1,3H2,2H3;;2*1H;3H,1H2;;;/q;;;;;;-1;;;;-1;+1;;+2/p-1/i;;;;;;;;1T;;;;;. The number of primary sulfonamides is 1. The Labute approximate surface area is 801 Å². The first-order valence-corrected chi connectivity index (χ1v) is 51.6. The van der Waals surface area contributed by atoms with E-state index in [1.807, 2.05) is 67.1 Å². The molecule has 660 valence electrons. The third-order valence-electron chi connectivity index (χ3n) is 20.8. The van der Waals surface area contributed by atoms with Gasteiger partial charge in [-0.05, 0) is 184 Å². The summed E-state index contributed by atoms with van der Waals surface area (Å²) in [5.41, 5.74) is 19.1. The molecule has 4 atom stereocenters. The molecule has 7 aromatic rings. The summed E-state index contributed by atoms with van der Waals surface area (Å²) in [6, 6.07) is 33.6. The number of ketones is 3. The van der Waals surface area contributed by atoms with Crippen LogP contribution in [0, 0.1) is 49.9 Å². The fourth-order valence-corrected chi connectivity index (χ4v) is 18.0. The number of rotatable bonds is 21. The Morgan fingerprint density at radius 3 is 0.975 bits per heavy atom. The number of carboxylic acid groups (broad SMARTS) is 2. The molecule has 11 rings (SSSR count). The van der Waals surface area contributed by atoms with Crippen LogP contribution in [-0.4, -0.2) is 83.3 Å². The molecule has 4 unspecified atom stereocenters. The number of Topliss-reactive ketones (excluding diaryl/α,β-unsaturated/α-hetero) is 3. The number of nitrogens with zero attached hydrogens (tertiary/aromatic N) is 1. The molecule has 29 heteroatoms. The van der Waals surface area contributed by atoms with Gasteiger partial charge in [0.2, 0.25) is 16.1 Å². The monoisotopic (exact) mass is 2130 g/mol. The van der Waals surface area contributed by atoms with Gasteiger partial charge in [-0.2, -0.15) is 24.4 Å². The molecular weight excluding hydrogens is 2010 g/mol. The van der Waals surface area contributed by atoms with E-state index in [1.54, 1.807) is 6.92 Å². The second-order valence-corrected chi connectivity index (χ2v) is 37.2. The summed E-state index contributed by atoms with van der Waals surface area (Å²) < 4.78 is 67.6. The van der Waals surface area contributed by atoms with Gasteiger partial charge in [-0.3, -0.25) is 28.8 Å². The maximum atomic E-state index is 12.9. The molecular formula is C93H130BBr2N4NaO17S2UZn. The maximum absolute atomic E-state index is 12.9. The van der Waals surface area contributed by atoms with E-state index in [2.05, 4.69) is 230 Å². The van der Waals surface area contributed by atoms with Crippen molar-refractivity contribution in [3.63, 3.8) is 0 Å². The van der Waals surface area contributed by atoms with Crippen LogP contribution in [0.2, 0.25) is 0 Å². The van der Waals surface area contributed by atoms with Crippen molar-refractivity contribution < 1.29 is 156 Å². The van der Waals surface area contributed by atoms with Gasteiger partial charge in [0.05, 0.1) is 30.4 Å². The number of hydrogen-bond donors (Lipinski definition) is 6. The van der Waals surface area contributed by atoms with Crippen LogP contribution in [0.4, 0.5) is 0 Å². The average molecular weight is 2140 g/mol. The van der Waals surface area contributed by atoms with Crippen molar-refractivity contribution in [3.05, 3.63) is 221 Å². The normalized spacial score (nSPS) is 14.9. The molecule has 0 saturated heterocycles. The summed E-state index contributed by atoms with van der Waals surface area (Å²) in [4.78, 5) is 86.7. The quantitative estimate of drug-likeness (QED) is 0.0168. The summed E-state index contributed by atoms with van der Waals surface area (Å²) >= 11 is 7.93. The van der Waals surface area contributed by atoms with E-state index in [0.29, 0.717) is 76.4 Å². The molecule has 1 amide bonds. The zero-order chi connectivity index (χ0) is 93.0. The van der Waals surface area contributed by atoms with Gasteiger partial charge in [0.15, 0.2) is 11.6 Å². The van der Waals surface area contributed by atoms with E-state index < -0.39 is 37.9 Å². The van der Waals surface area contributed by atoms with Gasteiger partial charge >= 0.3 is 77.6 Å². The first kappa shape index (κ1) is 117. The van der Waals surface area contributed by atoms with E-state index in [1.165, 1.54) is 60.8 Å².